The number of carbonyl (C=O) groups excluding carboxylic acids is 1. The first kappa shape index (κ1) is 8.19. The van der Waals surface area contributed by atoms with Gasteiger partial charge in [-0.3, -0.25) is 4.79 Å². The zero-order valence-electron chi connectivity index (χ0n) is 6.98. The van der Waals surface area contributed by atoms with E-state index < -0.39 is 0 Å². The van der Waals surface area contributed by atoms with Gasteiger partial charge in [0, 0.05) is 5.38 Å². The largest absolute Gasteiger partial charge is 0.458 e. The Morgan fingerprint density at radius 1 is 1.46 bits per heavy atom. The molecule has 2 rings (SSSR count). The second-order valence-electron chi connectivity index (χ2n) is 2.62. The Balaban J connectivity index is 2.33. The first-order valence-corrected chi connectivity index (χ1v) is 4.62. The fraction of sp³-hybridized carbons (Fsp3) is 0.111. The van der Waals surface area contributed by atoms with E-state index >= 15 is 0 Å². The van der Waals surface area contributed by atoms with Gasteiger partial charge < -0.3 is 4.42 Å². The Morgan fingerprint density at radius 3 is 2.85 bits per heavy atom. The van der Waals surface area contributed by atoms with Crippen molar-refractivity contribution in [2.45, 2.75) is 6.92 Å². The van der Waals surface area contributed by atoms with Gasteiger partial charge >= 0.3 is 0 Å². The number of aromatic nitrogens is 1. The molecular weight excluding hydrogens is 186 g/mol. The molecule has 13 heavy (non-hydrogen) atoms. The Labute approximate surface area is 79.2 Å². The summed E-state index contributed by atoms with van der Waals surface area (Å²) in [5, 5.41) is 1.77. The lowest BCUT2D eigenvalue weighted by molar-refractivity contribution is 0.100. The van der Waals surface area contributed by atoms with E-state index in [1.54, 1.807) is 30.5 Å². The third-order valence-electron chi connectivity index (χ3n) is 1.63. The SMILES string of the molecule is Cc1ccc(C(=O)c2ccsn2)o1. The Morgan fingerprint density at radius 2 is 2.31 bits per heavy atom. The summed E-state index contributed by atoms with van der Waals surface area (Å²) in [5.41, 5.74) is 0.444. The van der Waals surface area contributed by atoms with Gasteiger partial charge in [0.2, 0.25) is 5.78 Å². The molecule has 0 atom stereocenters. The Kier molecular flexibility index (Phi) is 1.98. The Bertz CT molecular complexity index is 417. The van der Waals surface area contributed by atoms with Gasteiger partial charge in [-0.25, -0.2) is 0 Å². The average molecular weight is 193 g/mol. The molecule has 3 nitrogen and oxygen atoms in total. The van der Waals surface area contributed by atoms with Crippen LogP contribution in [-0.4, -0.2) is 10.2 Å². The molecule has 0 aliphatic heterocycles. The second kappa shape index (κ2) is 3.14. The van der Waals surface area contributed by atoms with E-state index in [-0.39, 0.29) is 5.78 Å². The number of aryl methyl sites for hydroxylation is 1. The van der Waals surface area contributed by atoms with Crippen LogP contribution in [0.2, 0.25) is 0 Å². The molecule has 0 saturated carbocycles. The van der Waals surface area contributed by atoms with Crippen LogP contribution in [0.15, 0.2) is 28.0 Å². The minimum Gasteiger partial charge on any atom is -0.458 e. The summed E-state index contributed by atoms with van der Waals surface area (Å²) < 4.78 is 9.12. The summed E-state index contributed by atoms with van der Waals surface area (Å²) in [7, 11) is 0. The lowest BCUT2D eigenvalue weighted by atomic mass is 10.2. The average Bonchev–Trinajstić information content (AvgIpc) is 2.72. The summed E-state index contributed by atoms with van der Waals surface area (Å²) >= 11 is 1.26. The zero-order valence-corrected chi connectivity index (χ0v) is 7.80. The van der Waals surface area contributed by atoms with Crippen molar-refractivity contribution in [1.82, 2.24) is 4.37 Å². The minimum absolute atomic E-state index is 0.158. The van der Waals surface area contributed by atoms with Crippen molar-refractivity contribution in [3.63, 3.8) is 0 Å². The van der Waals surface area contributed by atoms with Crippen LogP contribution < -0.4 is 0 Å². The molecule has 2 aromatic heterocycles. The molecule has 0 bridgehead atoms. The van der Waals surface area contributed by atoms with Crippen LogP contribution in [-0.2, 0) is 0 Å². The van der Waals surface area contributed by atoms with Crippen LogP contribution in [0, 0.1) is 6.92 Å². The van der Waals surface area contributed by atoms with E-state index in [0.29, 0.717) is 11.5 Å². The highest BCUT2D eigenvalue weighted by atomic mass is 32.1. The highest BCUT2D eigenvalue weighted by Gasteiger charge is 2.14. The van der Waals surface area contributed by atoms with Crippen LogP contribution in [0.4, 0.5) is 0 Å². The second-order valence-corrected chi connectivity index (χ2v) is 3.29. The number of ketones is 1. The first-order valence-electron chi connectivity index (χ1n) is 3.79. The summed E-state index contributed by atoms with van der Waals surface area (Å²) in [6.45, 7) is 1.80. The van der Waals surface area contributed by atoms with Gasteiger partial charge in [-0.2, -0.15) is 4.37 Å². The molecule has 0 fully saturated rings. The molecule has 0 aromatic carbocycles. The van der Waals surface area contributed by atoms with Crippen LogP contribution in [0.1, 0.15) is 22.0 Å². The molecule has 0 radical (unpaired) electrons. The Hall–Kier alpha value is -1.42. The number of rotatable bonds is 2. The van der Waals surface area contributed by atoms with Crippen LogP contribution in [0.25, 0.3) is 0 Å². The van der Waals surface area contributed by atoms with Crippen molar-refractivity contribution in [2.24, 2.45) is 0 Å². The predicted octanol–water partition coefficient (Wildman–Crippen LogP) is 2.28. The topological polar surface area (TPSA) is 43.1 Å². The van der Waals surface area contributed by atoms with Crippen LogP contribution in [0.5, 0.6) is 0 Å². The molecule has 0 aliphatic rings. The molecule has 0 saturated heterocycles. The van der Waals surface area contributed by atoms with E-state index in [1.807, 2.05) is 0 Å². The molecule has 0 spiro atoms. The quantitative estimate of drug-likeness (QED) is 0.687. The fourth-order valence-electron chi connectivity index (χ4n) is 1.01. The highest BCUT2D eigenvalue weighted by Crippen LogP contribution is 2.12. The number of furan rings is 1. The van der Waals surface area contributed by atoms with Crippen LogP contribution in [0.3, 0.4) is 0 Å². The maximum Gasteiger partial charge on any atom is 0.247 e. The highest BCUT2D eigenvalue weighted by molar-refractivity contribution is 7.03. The van der Waals surface area contributed by atoms with E-state index in [4.69, 9.17) is 4.42 Å². The molecule has 0 unspecified atom stereocenters. The summed E-state index contributed by atoms with van der Waals surface area (Å²) in [5.74, 6) is 0.927. The van der Waals surface area contributed by atoms with Crippen molar-refractivity contribution >= 4 is 17.3 Å². The van der Waals surface area contributed by atoms with Crippen molar-refractivity contribution in [2.75, 3.05) is 0 Å². The maximum absolute atomic E-state index is 11.6. The normalized spacial score (nSPS) is 10.2. The third kappa shape index (κ3) is 1.53. The number of nitrogens with zero attached hydrogens (tertiary/aromatic N) is 1. The van der Waals surface area contributed by atoms with Crippen molar-refractivity contribution < 1.29 is 9.21 Å². The van der Waals surface area contributed by atoms with Gasteiger partial charge in [0.25, 0.3) is 0 Å². The monoisotopic (exact) mass is 193 g/mol. The number of hydrogen-bond donors (Lipinski definition) is 0. The molecule has 66 valence electrons. The van der Waals surface area contributed by atoms with Gasteiger partial charge in [-0.15, -0.1) is 0 Å². The standard InChI is InChI=1S/C9H7NO2S/c1-6-2-3-8(12-6)9(11)7-4-5-13-10-7/h2-5H,1H3. The van der Waals surface area contributed by atoms with Gasteiger partial charge in [0.05, 0.1) is 0 Å². The summed E-state index contributed by atoms with van der Waals surface area (Å²) in [6.07, 6.45) is 0. The van der Waals surface area contributed by atoms with Gasteiger partial charge in [0.15, 0.2) is 5.76 Å². The number of carbonyl (C=O) groups is 1. The molecule has 0 N–H and O–H groups in total. The molecule has 0 aliphatic carbocycles. The van der Waals surface area contributed by atoms with Crippen molar-refractivity contribution in [3.05, 3.63) is 40.8 Å². The van der Waals surface area contributed by atoms with E-state index in [9.17, 15) is 4.79 Å². The minimum atomic E-state index is -0.158. The molecule has 2 aromatic rings. The number of hydrogen-bond acceptors (Lipinski definition) is 4. The van der Waals surface area contributed by atoms with Gasteiger partial charge in [-0.1, -0.05) is 0 Å². The maximum atomic E-state index is 11.6. The van der Waals surface area contributed by atoms with Crippen molar-refractivity contribution in [3.8, 4) is 0 Å². The lowest BCUT2D eigenvalue weighted by Gasteiger charge is -1.89. The summed E-state index contributed by atoms with van der Waals surface area (Å²) in [4.78, 5) is 11.6. The van der Waals surface area contributed by atoms with Crippen molar-refractivity contribution in [1.29, 1.82) is 0 Å². The van der Waals surface area contributed by atoms with Gasteiger partial charge in [0.1, 0.15) is 11.5 Å². The van der Waals surface area contributed by atoms with Crippen LogP contribution >= 0.6 is 11.5 Å². The third-order valence-corrected chi connectivity index (χ3v) is 2.19. The molecular formula is C9H7NO2S. The molecule has 4 heteroatoms. The molecule has 2 heterocycles. The first-order chi connectivity index (χ1) is 6.27. The molecule has 0 amide bonds. The zero-order chi connectivity index (χ0) is 9.26. The fourth-order valence-corrected chi connectivity index (χ4v) is 1.52. The van der Waals surface area contributed by atoms with E-state index in [1.165, 1.54) is 11.5 Å². The summed E-state index contributed by atoms with van der Waals surface area (Å²) in [6, 6.07) is 5.11. The van der Waals surface area contributed by atoms with E-state index in [2.05, 4.69) is 4.37 Å². The lowest BCUT2D eigenvalue weighted by Crippen LogP contribution is -1.98. The van der Waals surface area contributed by atoms with Gasteiger partial charge in [-0.05, 0) is 36.7 Å². The smallest absolute Gasteiger partial charge is 0.247 e. The predicted molar refractivity (Wildman–Crippen MR) is 49.0 cm³/mol. The van der Waals surface area contributed by atoms with E-state index in [0.717, 1.165) is 5.76 Å².